The molecule has 148 valence electrons. The first-order valence-corrected chi connectivity index (χ1v) is 9.72. The van der Waals surface area contributed by atoms with Gasteiger partial charge in [0.15, 0.2) is 0 Å². The van der Waals surface area contributed by atoms with E-state index < -0.39 is 5.54 Å². The Morgan fingerprint density at radius 1 is 1.37 bits per heavy atom. The quantitative estimate of drug-likeness (QED) is 0.741. The van der Waals surface area contributed by atoms with Gasteiger partial charge in [-0.05, 0) is 55.9 Å². The summed E-state index contributed by atoms with van der Waals surface area (Å²) in [6.07, 6.45) is 2.53. The van der Waals surface area contributed by atoms with Gasteiger partial charge < -0.3 is 20.6 Å². The number of rotatable bonds is 5. The van der Waals surface area contributed by atoms with Gasteiger partial charge in [-0.1, -0.05) is 13.8 Å². The average molecular weight is 374 g/mol. The molecule has 0 saturated carbocycles. The lowest BCUT2D eigenvalue weighted by Gasteiger charge is -2.38. The molecule has 1 aromatic carbocycles. The van der Waals surface area contributed by atoms with Gasteiger partial charge in [-0.25, -0.2) is 9.59 Å². The summed E-state index contributed by atoms with van der Waals surface area (Å²) in [6, 6.07) is 5.34. The van der Waals surface area contributed by atoms with E-state index in [1.807, 2.05) is 25.1 Å². The summed E-state index contributed by atoms with van der Waals surface area (Å²) in [5, 5.41) is 15.8. The molecule has 0 aromatic heterocycles. The Bertz CT molecular complexity index is 721. The largest absolute Gasteiger partial charge is 0.394 e. The lowest BCUT2D eigenvalue weighted by Crippen LogP contribution is -2.52. The van der Waals surface area contributed by atoms with Gasteiger partial charge in [-0.2, -0.15) is 0 Å². The van der Waals surface area contributed by atoms with Gasteiger partial charge in [0.1, 0.15) is 0 Å². The van der Waals surface area contributed by atoms with Crippen LogP contribution in [0.4, 0.5) is 21.0 Å². The highest BCUT2D eigenvalue weighted by Gasteiger charge is 2.43. The van der Waals surface area contributed by atoms with Crippen LogP contribution < -0.4 is 15.5 Å². The highest BCUT2D eigenvalue weighted by molar-refractivity contribution is 5.95. The predicted molar refractivity (Wildman–Crippen MR) is 106 cm³/mol. The molecule has 7 heteroatoms. The molecular formula is C20H30N4O3. The van der Waals surface area contributed by atoms with E-state index in [4.69, 9.17) is 0 Å². The van der Waals surface area contributed by atoms with Crippen molar-refractivity contribution in [3.05, 3.63) is 23.8 Å². The van der Waals surface area contributed by atoms with Crippen LogP contribution in [-0.2, 0) is 0 Å². The fourth-order valence-electron chi connectivity index (χ4n) is 4.31. The topological polar surface area (TPSA) is 84.9 Å². The van der Waals surface area contributed by atoms with Crippen LogP contribution in [0.3, 0.4) is 0 Å². The van der Waals surface area contributed by atoms with Crippen molar-refractivity contribution in [2.75, 3.05) is 36.5 Å². The molecule has 7 nitrogen and oxygen atoms in total. The number of aliphatic hydroxyl groups excluding tert-OH is 1. The minimum absolute atomic E-state index is 0.0133. The third-order valence-corrected chi connectivity index (χ3v) is 5.54. The minimum atomic E-state index is -0.472. The smallest absolute Gasteiger partial charge is 0.322 e. The van der Waals surface area contributed by atoms with Crippen molar-refractivity contribution in [3.63, 3.8) is 0 Å². The zero-order valence-electron chi connectivity index (χ0n) is 16.4. The summed E-state index contributed by atoms with van der Waals surface area (Å²) < 4.78 is 0. The third kappa shape index (κ3) is 3.88. The molecule has 2 aliphatic rings. The van der Waals surface area contributed by atoms with Gasteiger partial charge in [0, 0.05) is 31.0 Å². The fourth-order valence-corrected chi connectivity index (χ4v) is 4.31. The van der Waals surface area contributed by atoms with Crippen molar-refractivity contribution in [2.24, 2.45) is 5.92 Å². The second kappa shape index (κ2) is 7.76. The summed E-state index contributed by atoms with van der Waals surface area (Å²) in [4.78, 5) is 28.3. The molecule has 1 aromatic rings. The van der Waals surface area contributed by atoms with Gasteiger partial charge in [-0.15, -0.1) is 0 Å². The molecule has 3 N–H and O–H groups in total. The van der Waals surface area contributed by atoms with E-state index in [9.17, 15) is 14.7 Å². The van der Waals surface area contributed by atoms with E-state index in [1.165, 1.54) is 0 Å². The van der Waals surface area contributed by atoms with Crippen LogP contribution in [0.25, 0.3) is 0 Å². The summed E-state index contributed by atoms with van der Waals surface area (Å²) in [5.74, 6) is 0.401. The summed E-state index contributed by atoms with van der Waals surface area (Å²) in [5.41, 5.74) is 1.98. The Morgan fingerprint density at radius 2 is 2.15 bits per heavy atom. The van der Waals surface area contributed by atoms with Gasteiger partial charge in [0.25, 0.3) is 0 Å². The van der Waals surface area contributed by atoms with Crippen molar-refractivity contribution in [1.29, 1.82) is 0 Å². The number of anilines is 2. The Labute approximate surface area is 160 Å². The minimum Gasteiger partial charge on any atom is -0.394 e. The van der Waals surface area contributed by atoms with Crippen molar-refractivity contribution in [2.45, 2.75) is 45.6 Å². The maximum Gasteiger partial charge on any atom is 0.322 e. The second-order valence-corrected chi connectivity index (χ2v) is 8.05. The van der Waals surface area contributed by atoms with Crippen molar-refractivity contribution >= 4 is 23.4 Å². The van der Waals surface area contributed by atoms with E-state index in [0.717, 1.165) is 36.2 Å². The maximum atomic E-state index is 12.9. The van der Waals surface area contributed by atoms with Crippen molar-refractivity contribution in [1.82, 2.24) is 10.2 Å². The number of amides is 4. The number of nitrogens with zero attached hydrogens (tertiary/aromatic N) is 2. The van der Waals surface area contributed by atoms with Crippen molar-refractivity contribution in [3.8, 4) is 0 Å². The molecule has 0 aliphatic carbocycles. The number of carbonyl (C=O) groups is 2. The zero-order valence-corrected chi connectivity index (χ0v) is 16.4. The number of aliphatic hydroxyl groups is 1. The molecule has 1 atom stereocenters. The molecule has 0 spiro atoms. The van der Waals surface area contributed by atoms with Crippen molar-refractivity contribution < 1.29 is 14.7 Å². The third-order valence-electron chi connectivity index (χ3n) is 5.54. The summed E-state index contributed by atoms with van der Waals surface area (Å²) in [7, 11) is 0. The molecule has 0 bridgehead atoms. The molecule has 2 aliphatic heterocycles. The molecular weight excluding hydrogens is 344 g/mol. The highest BCUT2D eigenvalue weighted by atomic mass is 16.3. The molecule has 3 rings (SSSR count). The number of hydrogen-bond acceptors (Lipinski definition) is 3. The number of hydrogen-bond donors (Lipinski definition) is 3. The lowest BCUT2D eigenvalue weighted by molar-refractivity contribution is 0.0728. The molecule has 0 unspecified atom stereocenters. The number of nitrogens with one attached hydrogen (secondary N) is 2. The SMILES string of the molecule is Cc1cc(N2CCNC2=O)ccc1NC(=O)N1CCC[C@@]1(CO)CC(C)C. The molecule has 2 saturated heterocycles. The van der Waals surface area contributed by atoms with E-state index in [0.29, 0.717) is 25.6 Å². The monoisotopic (exact) mass is 374 g/mol. The zero-order chi connectivity index (χ0) is 19.6. The van der Waals surface area contributed by atoms with Gasteiger partial charge >= 0.3 is 12.1 Å². The van der Waals surface area contributed by atoms with Crippen LogP contribution in [0.5, 0.6) is 0 Å². The van der Waals surface area contributed by atoms with E-state index in [2.05, 4.69) is 24.5 Å². The molecule has 2 fully saturated rings. The molecule has 27 heavy (non-hydrogen) atoms. The number of benzene rings is 1. The van der Waals surface area contributed by atoms with Crippen LogP contribution in [0.2, 0.25) is 0 Å². The maximum absolute atomic E-state index is 12.9. The Balaban J connectivity index is 1.74. The van der Waals surface area contributed by atoms with Crippen LogP contribution in [-0.4, -0.2) is 53.8 Å². The number of urea groups is 2. The Hall–Kier alpha value is -2.28. The number of likely N-dealkylation sites (tertiary alicyclic amines) is 1. The normalized spacial score (nSPS) is 22.5. The average Bonchev–Trinajstić information content (AvgIpc) is 3.23. The Kier molecular flexibility index (Phi) is 5.60. The van der Waals surface area contributed by atoms with Crippen LogP contribution in [0.1, 0.15) is 38.7 Å². The van der Waals surface area contributed by atoms with Crippen LogP contribution in [0, 0.1) is 12.8 Å². The van der Waals surface area contributed by atoms with Crippen LogP contribution in [0.15, 0.2) is 18.2 Å². The molecule has 2 heterocycles. The molecule has 0 radical (unpaired) electrons. The molecule has 4 amide bonds. The predicted octanol–water partition coefficient (Wildman–Crippen LogP) is 2.93. The lowest BCUT2D eigenvalue weighted by atomic mass is 9.87. The van der Waals surface area contributed by atoms with E-state index in [1.54, 1.807) is 9.80 Å². The van der Waals surface area contributed by atoms with Gasteiger partial charge in [0.2, 0.25) is 0 Å². The number of aryl methyl sites for hydroxylation is 1. The highest BCUT2D eigenvalue weighted by Crippen LogP contribution is 2.35. The van der Waals surface area contributed by atoms with Gasteiger partial charge in [0.05, 0.1) is 12.1 Å². The Morgan fingerprint density at radius 3 is 2.74 bits per heavy atom. The first-order chi connectivity index (χ1) is 12.9. The standard InChI is InChI=1S/C20H30N4O3/c1-14(2)12-20(13-25)7-4-9-24(20)19(27)22-17-6-5-16(11-15(17)3)23-10-8-21-18(23)26/h5-6,11,14,25H,4,7-10,12-13H2,1-3H3,(H,21,26)(H,22,27)/t20-/m0/s1. The van der Waals surface area contributed by atoms with Gasteiger partial charge in [-0.3, -0.25) is 4.90 Å². The second-order valence-electron chi connectivity index (χ2n) is 8.05. The first kappa shape index (κ1) is 19.5. The number of carbonyl (C=O) groups excluding carboxylic acids is 2. The van der Waals surface area contributed by atoms with Crippen LogP contribution >= 0.6 is 0 Å². The summed E-state index contributed by atoms with van der Waals surface area (Å²) in [6.45, 7) is 8.08. The summed E-state index contributed by atoms with van der Waals surface area (Å²) >= 11 is 0. The first-order valence-electron chi connectivity index (χ1n) is 9.72. The van der Waals surface area contributed by atoms with E-state index in [-0.39, 0.29) is 18.7 Å². The van der Waals surface area contributed by atoms with E-state index >= 15 is 0 Å². The fraction of sp³-hybridized carbons (Fsp3) is 0.600.